The molecule has 13 heteroatoms. The normalized spacial score (nSPS) is 14.6. The summed E-state index contributed by atoms with van der Waals surface area (Å²) in [5, 5.41) is 16.7. The number of thioether (sulfide) groups is 1. The number of hydrogen-bond donors (Lipinski definition) is 7. The highest BCUT2D eigenvalue weighted by Gasteiger charge is 2.32. The minimum absolute atomic E-state index is 0.288. The van der Waals surface area contributed by atoms with Gasteiger partial charge in [0, 0.05) is 0 Å². The van der Waals surface area contributed by atoms with Crippen molar-refractivity contribution in [2.45, 2.75) is 70.1 Å². The summed E-state index contributed by atoms with van der Waals surface area (Å²) in [6.07, 6.45) is 3.23. The van der Waals surface area contributed by atoms with Crippen molar-refractivity contribution in [2.75, 3.05) is 18.6 Å². The maximum absolute atomic E-state index is 13.0. The van der Waals surface area contributed by atoms with Crippen LogP contribution in [0.3, 0.4) is 0 Å². The smallest absolute Gasteiger partial charge is 0.326 e. The fourth-order valence-electron chi connectivity index (χ4n) is 2.87. The van der Waals surface area contributed by atoms with Crippen molar-refractivity contribution in [2.24, 2.45) is 23.1 Å². The van der Waals surface area contributed by atoms with Crippen molar-refractivity contribution in [3.05, 3.63) is 0 Å². The van der Waals surface area contributed by atoms with Gasteiger partial charge in [-0.1, -0.05) is 13.8 Å². The topological polar surface area (TPSA) is 220 Å². The van der Waals surface area contributed by atoms with Gasteiger partial charge in [0.25, 0.3) is 0 Å². The lowest BCUT2D eigenvalue weighted by atomic mass is 10.0. The molecule has 190 valence electrons. The third-order valence-electron chi connectivity index (χ3n) is 4.82. The number of aliphatic carboxylic acids is 1. The first kappa shape index (κ1) is 30.6. The number of carboxylic acids is 1. The molecule has 12 nitrogen and oxygen atoms in total. The zero-order valence-corrected chi connectivity index (χ0v) is 20.3. The third kappa shape index (κ3) is 12.4. The van der Waals surface area contributed by atoms with Crippen molar-refractivity contribution < 1.29 is 29.1 Å². The Labute approximate surface area is 198 Å². The Morgan fingerprint density at radius 2 is 1.52 bits per heavy atom. The van der Waals surface area contributed by atoms with Crippen molar-refractivity contribution >= 4 is 41.4 Å². The Kier molecular flexibility index (Phi) is 15.1. The standard InChI is InChI=1S/C20H38N6O6S/c1-11(2)16(19(30)25-14(20(31)32)10-15(23)27)26-18(29)13(6-4-5-8-21)24-17(28)12(22)7-9-33-3/h11-14,16H,4-10,21-22H2,1-3H3,(H2,23,27)(H,24,28)(H,25,30)(H,26,29)(H,31,32). The number of amides is 4. The van der Waals surface area contributed by atoms with Crippen molar-refractivity contribution in [1.82, 2.24) is 16.0 Å². The second-order valence-corrected chi connectivity index (χ2v) is 9.02. The Morgan fingerprint density at radius 1 is 0.909 bits per heavy atom. The van der Waals surface area contributed by atoms with Gasteiger partial charge < -0.3 is 38.3 Å². The van der Waals surface area contributed by atoms with E-state index in [1.165, 1.54) is 0 Å². The zero-order valence-electron chi connectivity index (χ0n) is 19.5. The molecule has 0 aromatic carbocycles. The molecule has 0 spiro atoms. The first-order valence-corrected chi connectivity index (χ1v) is 12.2. The quantitative estimate of drug-likeness (QED) is 0.115. The number of hydrogen-bond acceptors (Lipinski definition) is 8. The molecule has 10 N–H and O–H groups in total. The van der Waals surface area contributed by atoms with E-state index in [0.29, 0.717) is 31.6 Å². The summed E-state index contributed by atoms with van der Waals surface area (Å²) in [5.41, 5.74) is 16.4. The molecule has 0 aliphatic rings. The average Bonchev–Trinajstić information content (AvgIpc) is 2.73. The molecule has 0 radical (unpaired) electrons. The lowest BCUT2D eigenvalue weighted by Gasteiger charge is -2.27. The minimum atomic E-state index is -1.53. The van der Waals surface area contributed by atoms with Gasteiger partial charge >= 0.3 is 5.97 Å². The van der Waals surface area contributed by atoms with Gasteiger partial charge in [-0.05, 0) is 50.2 Å². The van der Waals surface area contributed by atoms with Gasteiger partial charge in [-0.15, -0.1) is 0 Å². The van der Waals surface area contributed by atoms with Gasteiger partial charge in [0.05, 0.1) is 12.5 Å². The predicted octanol–water partition coefficient (Wildman–Crippen LogP) is -1.73. The van der Waals surface area contributed by atoms with Crippen LogP contribution in [0.2, 0.25) is 0 Å². The summed E-state index contributed by atoms with van der Waals surface area (Å²) < 4.78 is 0. The summed E-state index contributed by atoms with van der Waals surface area (Å²) in [7, 11) is 0. The Hall–Kier alpha value is -2.38. The Balaban J connectivity index is 5.39. The number of carboxylic acid groups (broad SMARTS) is 1. The van der Waals surface area contributed by atoms with Crippen LogP contribution >= 0.6 is 11.8 Å². The average molecular weight is 491 g/mol. The number of unbranched alkanes of at least 4 members (excludes halogenated alkanes) is 1. The molecule has 0 aromatic rings. The summed E-state index contributed by atoms with van der Waals surface area (Å²) in [6, 6.07) is -4.36. The van der Waals surface area contributed by atoms with Crippen LogP contribution in [0.25, 0.3) is 0 Å². The van der Waals surface area contributed by atoms with Crippen LogP contribution in [0.1, 0.15) is 46.0 Å². The number of carbonyl (C=O) groups is 5. The molecule has 0 rings (SSSR count). The van der Waals surface area contributed by atoms with Gasteiger partial charge in [-0.2, -0.15) is 11.8 Å². The number of primary amides is 1. The molecular weight excluding hydrogens is 452 g/mol. The molecule has 0 aliphatic carbocycles. The lowest BCUT2D eigenvalue weighted by Crippen LogP contribution is -2.58. The number of rotatable bonds is 17. The molecule has 0 saturated carbocycles. The maximum atomic E-state index is 13.0. The minimum Gasteiger partial charge on any atom is -0.480 e. The zero-order chi connectivity index (χ0) is 25.6. The summed E-state index contributed by atoms with van der Waals surface area (Å²) >= 11 is 1.55. The van der Waals surface area contributed by atoms with Crippen LogP contribution in [0.15, 0.2) is 0 Å². The Morgan fingerprint density at radius 3 is 2.00 bits per heavy atom. The van der Waals surface area contributed by atoms with Crippen molar-refractivity contribution in [3.8, 4) is 0 Å². The fourth-order valence-corrected chi connectivity index (χ4v) is 3.36. The van der Waals surface area contributed by atoms with Crippen molar-refractivity contribution in [3.63, 3.8) is 0 Å². The van der Waals surface area contributed by atoms with Gasteiger partial charge in [-0.3, -0.25) is 19.2 Å². The first-order valence-electron chi connectivity index (χ1n) is 10.8. The van der Waals surface area contributed by atoms with Crippen LogP contribution in [-0.2, 0) is 24.0 Å². The van der Waals surface area contributed by atoms with Gasteiger partial charge in [0.15, 0.2) is 0 Å². The maximum Gasteiger partial charge on any atom is 0.326 e. The molecule has 0 heterocycles. The van der Waals surface area contributed by atoms with Gasteiger partial charge in [0.2, 0.25) is 23.6 Å². The highest BCUT2D eigenvalue weighted by molar-refractivity contribution is 7.98. The molecule has 0 fully saturated rings. The van der Waals surface area contributed by atoms with Crippen LogP contribution < -0.4 is 33.2 Å². The van der Waals surface area contributed by atoms with E-state index in [0.717, 1.165) is 0 Å². The first-order chi connectivity index (χ1) is 15.4. The highest BCUT2D eigenvalue weighted by Crippen LogP contribution is 2.08. The molecule has 0 aromatic heterocycles. The number of nitrogens with one attached hydrogen (secondary N) is 3. The third-order valence-corrected chi connectivity index (χ3v) is 5.46. The van der Waals surface area contributed by atoms with Gasteiger partial charge in [-0.25, -0.2) is 4.79 Å². The molecule has 0 bridgehead atoms. The molecule has 4 unspecified atom stereocenters. The molecule has 4 atom stereocenters. The second kappa shape index (κ2) is 16.3. The van der Waals surface area contributed by atoms with Crippen LogP contribution in [0.5, 0.6) is 0 Å². The Bertz CT molecular complexity index is 677. The number of carbonyl (C=O) groups excluding carboxylic acids is 4. The highest BCUT2D eigenvalue weighted by atomic mass is 32.2. The van der Waals surface area contributed by atoms with E-state index in [-0.39, 0.29) is 6.42 Å². The van der Waals surface area contributed by atoms with E-state index in [1.54, 1.807) is 25.6 Å². The SMILES string of the molecule is CSCCC(N)C(=O)NC(CCCCN)C(=O)NC(C(=O)NC(CC(N)=O)C(=O)O)C(C)C. The monoisotopic (exact) mass is 490 g/mol. The van der Waals surface area contributed by atoms with Gasteiger partial charge in [0.1, 0.15) is 18.1 Å². The molecular formula is C20H38N6O6S. The summed E-state index contributed by atoms with van der Waals surface area (Å²) in [6.45, 7) is 3.74. The van der Waals surface area contributed by atoms with E-state index in [2.05, 4.69) is 16.0 Å². The largest absolute Gasteiger partial charge is 0.480 e. The summed E-state index contributed by atoms with van der Waals surface area (Å²) in [5.74, 6) is -3.92. The van der Waals surface area contributed by atoms with E-state index >= 15 is 0 Å². The van der Waals surface area contributed by atoms with Crippen molar-refractivity contribution in [1.29, 1.82) is 0 Å². The van der Waals surface area contributed by atoms with E-state index in [4.69, 9.17) is 17.2 Å². The van der Waals surface area contributed by atoms with Crippen LogP contribution in [0.4, 0.5) is 0 Å². The van der Waals surface area contributed by atoms with E-state index in [9.17, 15) is 29.1 Å². The second-order valence-electron chi connectivity index (χ2n) is 8.03. The number of nitrogens with two attached hydrogens (primary N) is 3. The fraction of sp³-hybridized carbons (Fsp3) is 0.750. The molecule has 33 heavy (non-hydrogen) atoms. The molecule has 0 saturated heterocycles. The van der Waals surface area contributed by atoms with Crippen LogP contribution in [-0.4, -0.2) is 77.4 Å². The lowest BCUT2D eigenvalue weighted by molar-refractivity contribution is -0.144. The molecule has 0 aliphatic heterocycles. The van der Waals surface area contributed by atoms with E-state index < -0.39 is 66.1 Å². The van der Waals surface area contributed by atoms with E-state index in [1.807, 2.05) is 6.26 Å². The van der Waals surface area contributed by atoms with Crippen LogP contribution in [0, 0.1) is 5.92 Å². The predicted molar refractivity (Wildman–Crippen MR) is 126 cm³/mol. The molecule has 4 amide bonds. The summed E-state index contributed by atoms with van der Waals surface area (Å²) in [4.78, 5) is 60.5.